The maximum atomic E-state index is 5.84. The highest BCUT2D eigenvalue weighted by Gasteiger charge is 2.69. The third-order valence-electron chi connectivity index (χ3n) is 21.1. The van der Waals surface area contributed by atoms with E-state index in [9.17, 15) is 0 Å². The van der Waals surface area contributed by atoms with E-state index < -0.39 is 22.1 Å². The number of amidine groups is 4. The van der Waals surface area contributed by atoms with Crippen LogP contribution in [0.1, 0.15) is 143 Å². The standard InChI is InChI=1S/C75H76N12Si2/c1-15-35-82-63-41-59-57(39-61(63)76-65(82)51-29-25-49(26-30-51)33-37-88(43(3)4,44(5)6)45(7)8)71-78-67-53-21-17-18-22-54(53)68-79-72-58-40-62-64(83(36-16-2)66(77-62)52-31-27-50(28-32-52)34-38-89(46(9)10,47(11)12)48(13)14)42-60(58)74-81-70-56-24-20-19-23-55(56)69-80-73(59)86(71)75(84(67)68,85(69)70)87(72)74/h17-32,39-48H,15-16,35-36H2,1-14H3/q+2. The second kappa shape index (κ2) is 19.6. The van der Waals surface area contributed by atoms with Crippen LogP contribution in [0.5, 0.6) is 0 Å². The summed E-state index contributed by atoms with van der Waals surface area (Å²) in [6.45, 7) is 34.6. The average Bonchev–Trinajstić information content (AvgIpc) is 1.50. The molecular weight excluding hydrogens is 1130 g/mol. The van der Waals surface area contributed by atoms with Crippen LogP contribution in [0.15, 0.2) is 141 Å². The summed E-state index contributed by atoms with van der Waals surface area (Å²) in [6.07, 6.45) is 1.88. The Labute approximate surface area is 522 Å². The van der Waals surface area contributed by atoms with Crippen molar-refractivity contribution in [2.75, 3.05) is 0 Å². The van der Waals surface area contributed by atoms with Crippen molar-refractivity contribution in [2.24, 2.45) is 20.0 Å². The molecule has 4 aromatic heterocycles. The predicted molar refractivity (Wildman–Crippen MR) is 367 cm³/mol. The summed E-state index contributed by atoms with van der Waals surface area (Å²) in [5.41, 5.74) is 25.3. The second-order valence-electron chi connectivity index (χ2n) is 27.5. The number of aromatic nitrogens is 6. The molecule has 1 spiro atoms. The van der Waals surface area contributed by atoms with Gasteiger partial charge in [-0.05, 0) is 119 Å². The lowest BCUT2D eigenvalue weighted by Gasteiger charge is -2.40. The number of aryl methyl sites for hydroxylation is 2. The van der Waals surface area contributed by atoms with E-state index in [4.69, 9.17) is 29.9 Å². The monoisotopic (exact) mass is 1200 g/mol. The molecule has 6 aromatic carbocycles. The van der Waals surface area contributed by atoms with Gasteiger partial charge in [-0.3, -0.25) is 0 Å². The van der Waals surface area contributed by atoms with Gasteiger partial charge >= 0.3 is 5.91 Å². The van der Waals surface area contributed by atoms with Crippen LogP contribution in [0, 0.1) is 22.9 Å². The lowest BCUT2D eigenvalue weighted by Crippen LogP contribution is -2.71. The van der Waals surface area contributed by atoms with E-state index in [1.807, 2.05) is 0 Å². The first-order chi connectivity index (χ1) is 43.0. The summed E-state index contributed by atoms with van der Waals surface area (Å²) in [6, 6.07) is 44.1. The highest BCUT2D eigenvalue weighted by Crippen LogP contribution is 2.54. The minimum Gasteiger partial charge on any atom is -0.324 e. The number of aliphatic imine (C=N–C) groups is 2. The molecule has 0 saturated carbocycles. The zero-order valence-corrected chi connectivity index (χ0v) is 55.7. The molecule has 10 aromatic rings. The van der Waals surface area contributed by atoms with Gasteiger partial charge in [-0.25, -0.2) is 9.97 Å². The quantitative estimate of drug-likeness (QED) is 0.0691. The number of nitrogens with zero attached hydrogens (tertiary/aromatic N) is 12. The Morgan fingerprint density at radius 3 is 1.21 bits per heavy atom. The third kappa shape index (κ3) is 7.24. The molecule has 6 aliphatic heterocycles. The fourth-order valence-electron chi connectivity index (χ4n) is 17.2. The predicted octanol–water partition coefficient (Wildman–Crippen LogP) is 15.7. The Balaban J connectivity index is 0.913. The van der Waals surface area contributed by atoms with Crippen molar-refractivity contribution in [3.05, 3.63) is 166 Å². The van der Waals surface area contributed by atoms with Crippen molar-refractivity contribution < 1.29 is 9.15 Å². The van der Waals surface area contributed by atoms with Crippen LogP contribution >= 0.6 is 0 Å². The Bertz CT molecular complexity index is 5160. The van der Waals surface area contributed by atoms with Crippen molar-refractivity contribution in [2.45, 2.75) is 162 Å². The number of rotatable bonds is 12. The first-order valence-electron chi connectivity index (χ1n) is 32.6. The largest absolute Gasteiger partial charge is 0.404 e. The van der Waals surface area contributed by atoms with Gasteiger partial charge in [0.2, 0.25) is 22.6 Å². The Kier molecular flexibility index (Phi) is 12.2. The summed E-state index contributed by atoms with van der Waals surface area (Å²) in [5.74, 6) is 13.1. The fourth-order valence-corrected chi connectivity index (χ4v) is 27.6. The van der Waals surface area contributed by atoms with E-state index in [2.05, 4.69) is 269 Å². The van der Waals surface area contributed by atoms with Gasteiger partial charge in [0.05, 0.1) is 65.9 Å². The van der Waals surface area contributed by atoms with Crippen molar-refractivity contribution in [3.8, 4) is 45.7 Å². The first kappa shape index (κ1) is 55.5. The molecule has 0 bridgehead atoms. The molecule has 1 unspecified atom stereocenters. The van der Waals surface area contributed by atoms with Crippen LogP contribution in [-0.4, -0.2) is 76.9 Å². The van der Waals surface area contributed by atoms with Crippen molar-refractivity contribution >= 4 is 94.7 Å². The number of fused-ring (bicyclic) bond motifs is 14. The van der Waals surface area contributed by atoms with E-state index in [1.165, 1.54) is 0 Å². The molecule has 16 rings (SSSR count). The van der Waals surface area contributed by atoms with Crippen molar-refractivity contribution in [3.63, 3.8) is 0 Å². The summed E-state index contributed by atoms with van der Waals surface area (Å²) in [5, 5.41) is 4.01. The maximum absolute atomic E-state index is 5.84. The maximum Gasteiger partial charge on any atom is 0.404 e. The molecule has 0 saturated heterocycles. The van der Waals surface area contributed by atoms with Crippen LogP contribution in [0.2, 0.25) is 33.2 Å². The lowest BCUT2D eigenvalue weighted by atomic mass is 10.1. The molecular formula is C75H76N12Si2+2. The molecule has 0 amide bonds. The minimum absolute atomic E-state index is 0.567. The van der Waals surface area contributed by atoms with Crippen LogP contribution in [-0.2, 0) is 19.0 Å². The molecule has 10 heterocycles. The highest BCUT2D eigenvalue weighted by atomic mass is 28.3. The summed E-state index contributed by atoms with van der Waals surface area (Å²) < 4.78 is 14.4. The topological polar surface area (TPSA) is 101 Å². The van der Waals surface area contributed by atoms with Gasteiger partial charge in [-0.2, -0.15) is 9.13 Å². The molecule has 0 fully saturated rings. The molecule has 0 radical (unpaired) electrons. The van der Waals surface area contributed by atoms with Gasteiger partial charge < -0.3 is 9.13 Å². The van der Waals surface area contributed by atoms with Gasteiger partial charge in [0.25, 0.3) is 23.3 Å². The number of hydrogen-bond donors (Lipinski definition) is 0. The van der Waals surface area contributed by atoms with Gasteiger partial charge in [0, 0.05) is 35.3 Å². The lowest BCUT2D eigenvalue weighted by molar-refractivity contribution is -0.790. The Morgan fingerprint density at radius 2 is 0.809 bits per heavy atom. The van der Waals surface area contributed by atoms with E-state index in [-0.39, 0.29) is 0 Å². The first-order valence-corrected chi connectivity index (χ1v) is 37.0. The Hall–Kier alpha value is -8.83. The Morgan fingerprint density at radius 1 is 0.438 bits per heavy atom. The van der Waals surface area contributed by atoms with Gasteiger partial charge in [0.15, 0.2) is 0 Å². The number of benzene rings is 6. The number of hydrogen-bond acceptors (Lipinski definition) is 6. The summed E-state index contributed by atoms with van der Waals surface area (Å²) in [7, 11) is -3.81. The average molecular weight is 1200 g/mol. The zero-order chi connectivity index (χ0) is 61.5. The molecule has 1 atom stereocenters. The van der Waals surface area contributed by atoms with E-state index in [1.54, 1.807) is 0 Å². The van der Waals surface area contributed by atoms with Crippen molar-refractivity contribution in [1.82, 2.24) is 28.2 Å². The molecule has 0 N–H and O–H groups in total. The fraction of sp³-hybridized carbons (Fsp3) is 0.333. The normalized spacial score (nSPS) is 16.6. The molecule has 12 nitrogen and oxygen atoms in total. The van der Waals surface area contributed by atoms with E-state index in [0.29, 0.717) is 33.2 Å². The molecule has 89 heavy (non-hydrogen) atoms. The van der Waals surface area contributed by atoms with E-state index >= 15 is 0 Å². The molecule has 14 heteroatoms. The number of imidazole rings is 2. The SMILES string of the molecule is CCCn1c(-c2ccc(C#C[Si](C(C)C)(C(C)C)C(C)C)cc2)nc2cc3c4n5c(c3cc21)N=C1c2ccccc2C2=[N+]1C51n3c(c5cc6nc(-c7ccc(C#C[Si](C(C)C)(C(C)C)C(C)C)cc7)n(CCC)c6cc5c3=N2)=NC2=[N+]1C(=N4)c1ccccc12. The van der Waals surface area contributed by atoms with Gasteiger partial charge in [-0.15, -0.1) is 20.2 Å². The van der Waals surface area contributed by atoms with Crippen LogP contribution in [0.3, 0.4) is 0 Å². The smallest absolute Gasteiger partial charge is 0.324 e. The second-order valence-corrected chi connectivity index (χ2v) is 38.6. The molecule has 0 aliphatic carbocycles. The minimum atomic E-state index is -1.91. The third-order valence-corrected chi connectivity index (χ3v) is 33.6. The van der Waals surface area contributed by atoms with Crippen LogP contribution in [0.4, 0.5) is 11.6 Å². The molecule has 6 aliphatic rings. The van der Waals surface area contributed by atoms with Gasteiger partial charge in [0.1, 0.15) is 27.8 Å². The van der Waals surface area contributed by atoms with E-state index in [0.717, 1.165) is 172 Å². The zero-order valence-electron chi connectivity index (χ0n) is 53.7. The highest BCUT2D eigenvalue weighted by molar-refractivity contribution is 6.91. The van der Waals surface area contributed by atoms with Crippen LogP contribution < -0.4 is 11.0 Å². The van der Waals surface area contributed by atoms with Crippen molar-refractivity contribution in [1.29, 1.82) is 0 Å². The summed E-state index contributed by atoms with van der Waals surface area (Å²) in [4.78, 5) is 34.4. The van der Waals surface area contributed by atoms with Gasteiger partial charge in [-0.1, -0.05) is 177 Å². The van der Waals surface area contributed by atoms with Crippen LogP contribution in [0.25, 0.3) is 66.4 Å². The molecule has 442 valence electrons. The summed E-state index contributed by atoms with van der Waals surface area (Å²) >= 11 is 0.